The molecule has 0 bridgehead atoms. The molecule has 0 aliphatic carbocycles. The number of nitrogens with zero attached hydrogens (tertiary/aromatic N) is 1. The number of benzene rings is 2. The molecule has 102 valence electrons. The van der Waals surface area contributed by atoms with E-state index in [1.807, 2.05) is 43.4 Å². The third kappa shape index (κ3) is 3.83. The number of hydrogen-bond donors (Lipinski definition) is 1. The smallest absolute Gasteiger partial charge is 0.134 e. The zero-order chi connectivity index (χ0) is 14.4. The van der Waals surface area contributed by atoms with Gasteiger partial charge in [-0.05, 0) is 58.4 Å². The molecule has 0 aliphatic heterocycles. The molecule has 3 nitrogen and oxygen atoms in total. The number of hydrogen-bond acceptors (Lipinski definition) is 3. The Kier molecular flexibility index (Phi) is 5.16. The second kappa shape index (κ2) is 7.09. The normalized spacial score (nSPS) is 10.1. The third-order valence-electron chi connectivity index (χ3n) is 2.83. The summed E-state index contributed by atoms with van der Waals surface area (Å²) >= 11 is 3.51. The van der Waals surface area contributed by atoms with Crippen molar-refractivity contribution in [1.29, 1.82) is 5.26 Å². The van der Waals surface area contributed by atoms with Gasteiger partial charge in [0.25, 0.3) is 0 Å². The minimum absolute atomic E-state index is 0.444. The molecule has 2 aromatic carbocycles. The Labute approximate surface area is 127 Å². The minimum atomic E-state index is 0.444. The van der Waals surface area contributed by atoms with Crippen molar-refractivity contribution in [1.82, 2.24) is 5.32 Å². The van der Waals surface area contributed by atoms with Gasteiger partial charge in [-0.25, -0.2) is 0 Å². The van der Waals surface area contributed by atoms with E-state index in [-0.39, 0.29) is 0 Å². The van der Waals surface area contributed by atoms with Gasteiger partial charge in [0.15, 0.2) is 0 Å². The lowest BCUT2D eigenvalue weighted by Gasteiger charge is -2.10. The monoisotopic (exact) mass is 330 g/mol. The van der Waals surface area contributed by atoms with Crippen LogP contribution in [0.1, 0.15) is 16.7 Å². The summed E-state index contributed by atoms with van der Waals surface area (Å²) in [4.78, 5) is 0. The third-order valence-corrected chi connectivity index (χ3v) is 3.45. The Hall–Kier alpha value is -1.83. The van der Waals surface area contributed by atoms with Crippen LogP contribution in [0.15, 0.2) is 46.9 Å². The van der Waals surface area contributed by atoms with Crippen molar-refractivity contribution in [3.63, 3.8) is 0 Å². The maximum Gasteiger partial charge on any atom is 0.134 e. The lowest BCUT2D eigenvalue weighted by atomic mass is 10.1. The largest absolute Gasteiger partial charge is 0.488 e. The minimum Gasteiger partial charge on any atom is -0.488 e. The van der Waals surface area contributed by atoms with E-state index in [2.05, 4.69) is 27.3 Å². The van der Waals surface area contributed by atoms with Gasteiger partial charge in [-0.1, -0.05) is 18.2 Å². The predicted molar refractivity (Wildman–Crippen MR) is 82.4 cm³/mol. The summed E-state index contributed by atoms with van der Waals surface area (Å²) in [7, 11) is 1.92. The molecule has 0 spiro atoms. The highest BCUT2D eigenvalue weighted by Gasteiger charge is 2.03. The van der Waals surface area contributed by atoms with Crippen LogP contribution in [0.5, 0.6) is 5.75 Å². The average Bonchev–Trinajstić information content (AvgIpc) is 2.47. The van der Waals surface area contributed by atoms with Crippen molar-refractivity contribution in [3.05, 3.63) is 63.6 Å². The Bertz CT molecular complexity index is 635. The van der Waals surface area contributed by atoms with Crippen molar-refractivity contribution in [3.8, 4) is 11.8 Å². The van der Waals surface area contributed by atoms with Crippen LogP contribution >= 0.6 is 15.9 Å². The first-order valence-electron chi connectivity index (χ1n) is 6.28. The molecular formula is C16H15BrN2O. The quantitative estimate of drug-likeness (QED) is 0.910. The van der Waals surface area contributed by atoms with Gasteiger partial charge in [-0.2, -0.15) is 5.26 Å². The van der Waals surface area contributed by atoms with Gasteiger partial charge in [0, 0.05) is 6.54 Å². The molecule has 4 heteroatoms. The number of nitriles is 1. The highest BCUT2D eigenvalue weighted by molar-refractivity contribution is 9.10. The van der Waals surface area contributed by atoms with Crippen LogP contribution < -0.4 is 10.1 Å². The van der Waals surface area contributed by atoms with Crippen molar-refractivity contribution in [2.75, 3.05) is 7.05 Å². The van der Waals surface area contributed by atoms with Crippen LogP contribution in [-0.2, 0) is 13.2 Å². The average molecular weight is 331 g/mol. The van der Waals surface area contributed by atoms with Gasteiger partial charge in [-0.3, -0.25) is 0 Å². The van der Waals surface area contributed by atoms with Crippen LogP contribution in [0.4, 0.5) is 0 Å². The number of nitrogens with one attached hydrogen (secondary N) is 1. The van der Waals surface area contributed by atoms with E-state index >= 15 is 0 Å². The standard InChI is InChI=1S/C16H15BrN2O/c1-19-10-13-5-6-16(15(17)8-13)20-11-14-4-2-3-12(7-14)9-18/h2-8,19H,10-11H2,1H3. The van der Waals surface area contributed by atoms with Gasteiger partial charge in [0.05, 0.1) is 16.1 Å². The first-order valence-corrected chi connectivity index (χ1v) is 7.07. The number of ether oxygens (including phenoxy) is 1. The van der Waals surface area contributed by atoms with E-state index in [1.165, 1.54) is 5.56 Å². The van der Waals surface area contributed by atoms with Crippen LogP contribution in [0, 0.1) is 11.3 Å². The first-order chi connectivity index (χ1) is 9.72. The molecule has 0 fully saturated rings. The molecule has 0 saturated heterocycles. The molecule has 20 heavy (non-hydrogen) atoms. The Morgan fingerprint density at radius 2 is 2.05 bits per heavy atom. The summed E-state index contributed by atoms with van der Waals surface area (Å²) in [5.41, 5.74) is 2.82. The Morgan fingerprint density at radius 3 is 2.75 bits per heavy atom. The van der Waals surface area contributed by atoms with Crippen molar-refractivity contribution < 1.29 is 4.74 Å². The summed E-state index contributed by atoms with van der Waals surface area (Å²) in [6, 6.07) is 15.6. The van der Waals surface area contributed by atoms with E-state index in [0.717, 1.165) is 22.3 Å². The molecule has 0 unspecified atom stereocenters. The zero-order valence-corrected chi connectivity index (χ0v) is 12.8. The van der Waals surface area contributed by atoms with Crippen LogP contribution in [0.2, 0.25) is 0 Å². The Balaban J connectivity index is 2.05. The van der Waals surface area contributed by atoms with Gasteiger partial charge in [0.2, 0.25) is 0 Å². The van der Waals surface area contributed by atoms with E-state index in [4.69, 9.17) is 10.00 Å². The van der Waals surface area contributed by atoms with E-state index in [1.54, 1.807) is 6.07 Å². The molecule has 0 heterocycles. The second-order valence-corrected chi connectivity index (χ2v) is 5.25. The van der Waals surface area contributed by atoms with Crippen LogP contribution in [0.25, 0.3) is 0 Å². The molecule has 0 amide bonds. The first kappa shape index (κ1) is 14.6. The molecule has 2 rings (SSSR count). The molecular weight excluding hydrogens is 316 g/mol. The zero-order valence-electron chi connectivity index (χ0n) is 11.2. The fraction of sp³-hybridized carbons (Fsp3) is 0.188. The fourth-order valence-electron chi connectivity index (χ4n) is 1.87. The van der Waals surface area contributed by atoms with E-state index < -0.39 is 0 Å². The van der Waals surface area contributed by atoms with Crippen molar-refractivity contribution in [2.24, 2.45) is 0 Å². The van der Waals surface area contributed by atoms with E-state index in [0.29, 0.717) is 12.2 Å². The molecule has 0 aromatic heterocycles. The maximum absolute atomic E-state index is 8.87. The predicted octanol–water partition coefficient (Wildman–Crippen LogP) is 3.62. The highest BCUT2D eigenvalue weighted by Crippen LogP contribution is 2.26. The highest BCUT2D eigenvalue weighted by atomic mass is 79.9. The lowest BCUT2D eigenvalue weighted by Crippen LogP contribution is -2.05. The van der Waals surface area contributed by atoms with Crippen molar-refractivity contribution in [2.45, 2.75) is 13.2 Å². The maximum atomic E-state index is 8.87. The number of halogens is 1. The van der Waals surface area contributed by atoms with Gasteiger partial charge >= 0.3 is 0 Å². The topological polar surface area (TPSA) is 45.0 Å². The van der Waals surface area contributed by atoms with Gasteiger partial charge < -0.3 is 10.1 Å². The molecule has 2 aromatic rings. The Morgan fingerprint density at radius 1 is 1.20 bits per heavy atom. The summed E-state index contributed by atoms with van der Waals surface area (Å²) in [6.07, 6.45) is 0. The van der Waals surface area contributed by atoms with Crippen molar-refractivity contribution >= 4 is 15.9 Å². The van der Waals surface area contributed by atoms with Gasteiger partial charge in [0.1, 0.15) is 12.4 Å². The summed E-state index contributed by atoms with van der Waals surface area (Å²) in [5.74, 6) is 0.798. The summed E-state index contributed by atoms with van der Waals surface area (Å²) in [5, 5.41) is 12.0. The summed E-state index contributed by atoms with van der Waals surface area (Å²) in [6.45, 7) is 1.27. The van der Waals surface area contributed by atoms with Crippen LogP contribution in [0.3, 0.4) is 0 Å². The molecule has 0 aliphatic rings. The molecule has 1 N–H and O–H groups in total. The fourth-order valence-corrected chi connectivity index (χ4v) is 2.41. The van der Waals surface area contributed by atoms with E-state index in [9.17, 15) is 0 Å². The molecule has 0 radical (unpaired) electrons. The SMILES string of the molecule is CNCc1ccc(OCc2cccc(C#N)c2)c(Br)c1. The number of rotatable bonds is 5. The molecule has 0 saturated carbocycles. The summed E-state index contributed by atoms with van der Waals surface area (Å²) < 4.78 is 6.71. The lowest BCUT2D eigenvalue weighted by molar-refractivity contribution is 0.304. The van der Waals surface area contributed by atoms with Gasteiger partial charge in [-0.15, -0.1) is 0 Å². The second-order valence-electron chi connectivity index (χ2n) is 4.40. The van der Waals surface area contributed by atoms with Crippen LogP contribution in [-0.4, -0.2) is 7.05 Å². The molecule has 0 atom stereocenters.